The summed E-state index contributed by atoms with van der Waals surface area (Å²) in [5.41, 5.74) is 3.77. The third kappa shape index (κ3) is 3.89. The van der Waals surface area contributed by atoms with Gasteiger partial charge in [-0.3, -0.25) is 4.79 Å². The molecule has 1 heterocycles. The lowest BCUT2D eigenvalue weighted by atomic mass is 10.1. The molecular weight excluding hydrogens is 352 g/mol. The standard InChI is InChI=1S/C20H19ClN2O3/c1-12-5-4-6-18(19(12)21)22-20(24)15-7-9-16(10-8-15)25-11-17-13(2)23-26-14(17)3/h4-10H,11H2,1-3H3,(H,22,24). The number of aromatic nitrogens is 1. The van der Waals surface area contributed by atoms with Crippen LogP contribution >= 0.6 is 11.6 Å². The van der Waals surface area contributed by atoms with Crippen molar-refractivity contribution in [2.24, 2.45) is 0 Å². The van der Waals surface area contributed by atoms with Crippen molar-refractivity contribution >= 4 is 23.2 Å². The monoisotopic (exact) mass is 370 g/mol. The lowest BCUT2D eigenvalue weighted by molar-refractivity contribution is 0.102. The van der Waals surface area contributed by atoms with E-state index in [0.29, 0.717) is 28.6 Å². The topological polar surface area (TPSA) is 64.4 Å². The van der Waals surface area contributed by atoms with Gasteiger partial charge in [-0.15, -0.1) is 0 Å². The van der Waals surface area contributed by atoms with Crippen molar-refractivity contribution in [2.75, 3.05) is 5.32 Å². The van der Waals surface area contributed by atoms with Crippen LogP contribution in [0.25, 0.3) is 0 Å². The molecule has 1 aromatic heterocycles. The minimum Gasteiger partial charge on any atom is -0.489 e. The Bertz CT molecular complexity index is 913. The molecule has 0 saturated carbocycles. The van der Waals surface area contributed by atoms with Crippen molar-refractivity contribution in [3.8, 4) is 5.75 Å². The summed E-state index contributed by atoms with van der Waals surface area (Å²) in [4.78, 5) is 12.4. The molecule has 5 nitrogen and oxygen atoms in total. The third-order valence-corrected chi connectivity index (χ3v) is 4.62. The summed E-state index contributed by atoms with van der Waals surface area (Å²) in [6.45, 7) is 5.98. The van der Waals surface area contributed by atoms with Crippen molar-refractivity contribution in [1.29, 1.82) is 0 Å². The first kappa shape index (κ1) is 18.0. The lowest BCUT2D eigenvalue weighted by Crippen LogP contribution is -2.12. The Morgan fingerprint density at radius 3 is 2.54 bits per heavy atom. The van der Waals surface area contributed by atoms with Crippen molar-refractivity contribution < 1.29 is 14.1 Å². The number of rotatable bonds is 5. The summed E-state index contributed by atoms with van der Waals surface area (Å²) < 4.78 is 10.9. The fourth-order valence-corrected chi connectivity index (χ4v) is 2.68. The average Bonchev–Trinajstić information content (AvgIpc) is 2.95. The number of benzene rings is 2. The normalized spacial score (nSPS) is 10.6. The van der Waals surface area contributed by atoms with Crippen LogP contribution in [0.2, 0.25) is 5.02 Å². The number of carbonyl (C=O) groups excluding carboxylic acids is 1. The largest absolute Gasteiger partial charge is 0.489 e. The van der Waals surface area contributed by atoms with Crippen LogP contribution in [0, 0.1) is 20.8 Å². The third-order valence-electron chi connectivity index (χ3n) is 4.12. The predicted octanol–water partition coefficient (Wildman–Crippen LogP) is 5.08. The van der Waals surface area contributed by atoms with Crippen LogP contribution in [0.1, 0.15) is 32.9 Å². The van der Waals surface area contributed by atoms with Gasteiger partial charge in [0.05, 0.1) is 22.0 Å². The number of halogens is 1. The van der Waals surface area contributed by atoms with Crippen LogP contribution in [-0.2, 0) is 6.61 Å². The van der Waals surface area contributed by atoms with E-state index in [-0.39, 0.29) is 5.91 Å². The van der Waals surface area contributed by atoms with Crippen LogP contribution in [0.5, 0.6) is 5.75 Å². The van der Waals surface area contributed by atoms with Crippen molar-refractivity contribution in [3.05, 3.63) is 75.6 Å². The molecule has 0 saturated heterocycles. The SMILES string of the molecule is Cc1cccc(NC(=O)c2ccc(OCc3c(C)noc3C)cc2)c1Cl. The smallest absolute Gasteiger partial charge is 0.255 e. The number of nitrogens with zero attached hydrogens (tertiary/aromatic N) is 1. The second kappa shape index (κ2) is 7.62. The van der Waals surface area contributed by atoms with Gasteiger partial charge in [-0.25, -0.2) is 0 Å². The molecule has 1 N–H and O–H groups in total. The molecular formula is C20H19ClN2O3. The number of ether oxygens (including phenoxy) is 1. The molecule has 0 radical (unpaired) electrons. The van der Waals surface area contributed by atoms with Gasteiger partial charge in [-0.1, -0.05) is 28.9 Å². The zero-order valence-corrected chi connectivity index (χ0v) is 15.6. The van der Waals surface area contributed by atoms with Crippen LogP contribution in [0.4, 0.5) is 5.69 Å². The number of hydrogen-bond acceptors (Lipinski definition) is 4. The minimum absolute atomic E-state index is 0.227. The maximum atomic E-state index is 12.4. The van der Waals surface area contributed by atoms with Crippen LogP contribution < -0.4 is 10.1 Å². The zero-order valence-electron chi connectivity index (χ0n) is 14.8. The van der Waals surface area contributed by atoms with Crippen LogP contribution in [-0.4, -0.2) is 11.1 Å². The fourth-order valence-electron chi connectivity index (χ4n) is 2.50. The molecule has 6 heteroatoms. The molecule has 0 aliphatic rings. The van der Waals surface area contributed by atoms with E-state index < -0.39 is 0 Å². The summed E-state index contributed by atoms with van der Waals surface area (Å²) in [6, 6.07) is 12.4. The Balaban J connectivity index is 1.65. The highest BCUT2D eigenvalue weighted by Crippen LogP contribution is 2.26. The number of hydrogen-bond donors (Lipinski definition) is 1. The van der Waals surface area contributed by atoms with E-state index in [1.807, 2.05) is 32.9 Å². The summed E-state index contributed by atoms with van der Waals surface area (Å²) in [5, 5.41) is 7.27. The Morgan fingerprint density at radius 2 is 1.88 bits per heavy atom. The van der Waals surface area contributed by atoms with Gasteiger partial charge in [0.25, 0.3) is 5.91 Å². The van der Waals surface area contributed by atoms with Gasteiger partial charge in [0, 0.05) is 5.56 Å². The molecule has 0 aliphatic heterocycles. The van der Waals surface area contributed by atoms with Crippen molar-refractivity contribution in [1.82, 2.24) is 5.16 Å². The highest BCUT2D eigenvalue weighted by Gasteiger charge is 2.11. The maximum Gasteiger partial charge on any atom is 0.255 e. The van der Waals surface area contributed by atoms with Gasteiger partial charge < -0.3 is 14.6 Å². The molecule has 0 atom stereocenters. The van der Waals surface area contributed by atoms with E-state index in [1.54, 1.807) is 30.3 Å². The van der Waals surface area contributed by atoms with E-state index in [0.717, 1.165) is 22.6 Å². The molecule has 0 bridgehead atoms. The van der Waals surface area contributed by atoms with Gasteiger partial charge in [0.2, 0.25) is 0 Å². The molecule has 0 fully saturated rings. The first-order valence-electron chi connectivity index (χ1n) is 8.17. The van der Waals surface area contributed by atoms with E-state index in [2.05, 4.69) is 10.5 Å². The molecule has 26 heavy (non-hydrogen) atoms. The number of amides is 1. The number of nitrogens with one attached hydrogen (secondary N) is 1. The second-order valence-corrected chi connectivity index (χ2v) is 6.38. The average molecular weight is 371 g/mol. The summed E-state index contributed by atoms with van der Waals surface area (Å²) in [5.74, 6) is 1.18. The first-order valence-corrected chi connectivity index (χ1v) is 8.54. The molecule has 3 rings (SSSR count). The molecule has 1 amide bonds. The van der Waals surface area contributed by atoms with Gasteiger partial charge in [-0.05, 0) is 56.7 Å². The zero-order chi connectivity index (χ0) is 18.7. The lowest BCUT2D eigenvalue weighted by Gasteiger charge is -2.10. The fraction of sp³-hybridized carbons (Fsp3) is 0.200. The molecule has 0 spiro atoms. The summed E-state index contributed by atoms with van der Waals surface area (Å²) in [6.07, 6.45) is 0. The van der Waals surface area contributed by atoms with Crippen LogP contribution in [0.15, 0.2) is 47.0 Å². The van der Waals surface area contributed by atoms with Gasteiger partial charge in [0.1, 0.15) is 18.1 Å². The Morgan fingerprint density at radius 1 is 1.15 bits per heavy atom. The van der Waals surface area contributed by atoms with E-state index in [4.69, 9.17) is 20.9 Å². The Hall–Kier alpha value is -2.79. The predicted molar refractivity (Wildman–Crippen MR) is 101 cm³/mol. The maximum absolute atomic E-state index is 12.4. The Labute approximate surface area is 156 Å². The van der Waals surface area contributed by atoms with Gasteiger partial charge >= 0.3 is 0 Å². The van der Waals surface area contributed by atoms with Gasteiger partial charge in [-0.2, -0.15) is 0 Å². The van der Waals surface area contributed by atoms with E-state index >= 15 is 0 Å². The number of anilines is 1. The summed E-state index contributed by atoms with van der Waals surface area (Å²) in [7, 11) is 0. The molecule has 134 valence electrons. The summed E-state index contributed by atoms with van der Waals surface area (Å²) >= 11 is 6.22. The highest BCUT2D eigenvalue weighted by atomic mass is 35.5. The number of aryl methyl sites for hydroxylation is 3. The first-order chi connectivity index (χ1) is 12.5. The molecule has 3 aromatic rings. The van der Waals surface area contributed by atoms with Gasteiger partial charge in [0.15, 0.2) is 0 Å². The van der Waals surface area contributed by atoms with E-state index in [9.17, 15) is 4.79 Å². The molecule has 0 unspecified atom stereocenters. The molecule has 0 aliphatic carbocycles. The minimum atomic E-state index is -0.227. The van der Waals surface area contributed by atoms with Crippen molar-refractivity contribution in [2.45, 2.75) is 27.4 Å². The second-order valence-electron chi connectivity index (χ2n) is 6.01. The highest BCUT2D eigenvalue weighted by molar-refractivity contribution is 6.34. The Kier molecular flexibility index (Phi) is 5.28. The van der Waals surface area contributed by atoms with Crippen LogP contribution in [0.3, 0.4) is 0 Å². The quantitative estimate of drug-likeness (QED) is 0.679. The van der Waals surface area contributed by atoms with Crippen molar-refractivity contribution in [3.63, 3.8) is 0 Å². The van der Waals surface area contributed by atoms with E-state index in [1.165, 1.54) is 0 Å². The molecule has 2 aromatic carbocycles. The number of carbonyl (C=O) groups is 1.